The largest absolute Gasteiger partial charge is 0.299 e. The van der Waals surface area contributed by atoms with E-state index in [-0.39, 0.29) is 16.8 Å². The molecule has 0 aliphatic heterocycles. The molecule has 3 aromatic heterocycles. The molecule has 0 spiro atoms. The van der Waals surface area contributed by atoms with Crippen molar-refractivity contribution in [2.24, 2.45) is 0 Å². The van der Waals surface area contributed by atoms with Gasteiger partial charge in [0, 0.05) is 25.0 Å². The molecule has 1 amide bonds. The zero-order chi connectivity index (χ0) is 17.3. The maximum atomic E-state index is 12.6. The quantitative estimate of drug-likeness (QED) is 0.632. The number of halogens is 1. The van der Waals surface area contributed by atoms with Gasteiger partial charge in [-0.05, 0) is 31.2 Å². The number of carbonyl (C=O) groups is 2. The summed E-state index contributed by atoms with van der Waals surface area (Å²) >= 11 is 8.70. The molecule has 0 atom stereocenters. The van der Waals surface area contributed by atoms with Gasteiger partial charge in [-0.3, -0.25) is 19.5 Å². The number of rotatable bonds is 4. The Hall–Kier alpha value is -2.09. The zero-order valence-corrected chi connectivity index (χ0v) is 15.2. The van der Waals surface area contributed by atoms with Crippen molar-refractivity contribution >= 4 is 51.0 Å². The monoisotopic (exact) mass is 377 g/mol. The van der Waals surface area contributed by atoms with Crippen LogP contribution in [0.1, 0.15) is 26.3 Å². The van der Waals surface area contributed by atoms with E-state index in [9.17, 15) is 9.59 Å². The summed E-state index contributed by atoms with van der Waals surface area (Å²) in [6.45, 7) is 1.48. The van der Waals surface area contributed by atoms with E-state index in [4.69, 9.17) is 11.6 Å². The Morgan fingerprint density at radius 2 is 1.92 bits per heavy atom. The van der Waals surface area contributed by atoms with E-state index >= 15 is 0 Å². The third-order valence-corrected chi connectivity index (χ3v) is 5.98. The summed E-state index contributed by atoms with van der Waals surface area (Å²) in [5, 5.41) is 1.51. The molecule has 5 nitrogen and oxygen atoms in total. The number of pyridine rings is 1. The zero-order valence-electron chi connectivity index (χ0n) is 12.8. The molecule has 0 bridgehead atoms. The fraction of sp³-hybridized carbons (Fsp3) is 0.125. The number of Topliss-reactive ketones (excluding diaryl/α,β-unsaturated/α-hetero) is 1. The molecule has 0 aliphatic carbocycles. The van der Waals surface area contributed by atoms with Crippen LogP contribution in [-0.4, -0.2) is 28.7 Å². The molecule has 0 aromatic carbocycles. The minimum atomic E-state index is -0.226. The lowest BCUT2D eigenvalue weighted by atomic mass is 10.3. The molecule has 0 radical (unpaired) electrons. The molecular formula is C16H12ClN3O2S2. The second-order valence-electron chi connectivity index (χ2n) is 4.94. The van der Waals surface area contributed by atoms with Crippen LogP contribution in [0.25, 0.3) is 10.6 Å². The normalized spacial score (nSPS) is 10.6. The first-order valence-corrected chi connectivity index (χ1v) is 8.94. The van der Waals surface area contributed by atoms with Crippen molar-refractivity contribution in [1.82, 2.24) is 9.97 Å². The first kappa shape index (κ1) is 16.8. The number of carbonyl (C=O) groups excluding carboxylic acids is 2. The number of hydrogen-bond acceptors (Lipinski definition) is 6. The second kappa shape index (κ2) is 6.80. The lowest BCUT2D eigenvalue weighted by Crippen LogP contribution is -2.24. The van der Waals surface area contributed by atoms with Crippen LogP contribution in [0.15, 0.2) is 36.7 Å². The highest BCUT2D eigenvalue weighted by Crippen LogP contribution is 2.37. The van der Waals surface area contributed by atoms with Gasteiger partial charge >= 0.3 is 0 Å². The fourth-order valence-corrected chi connectivity index (χ4v) is 4.18. The van der Waals surface area contributed by atoms with Crippen LogP contribution in [0.4, 0.5) is 5.00 Å². The maximum absolute atomic E-state index is 12.6. The lowest BCUT2D eigenvalue weighted by Gasteiger charge is -2.13. The molecule has 24 heavy (non-hydrogen) atoms. The van der Waals surface area contributed by atoms with Gasteiger partial charge in [0.05, 0.1) is 9.75 Å². The Kier molecular flexibility index (Phi) is 4.75. The number of thiazole rings is 1. The Bertz CT molecular complexity index is 905. The predicted octanol–water partition coefficient (Wildman–Crippen LogP) is 4.40. The van der Waals surface area contributed by atoms with Gasteiger partial charge in [0.1, 0.15) is 10.0 Å². The summed E-state index contributed by atoms with van der Waals surface area (Å²) in [6.07, 6.45) is 3.37. The summed E-state index contributed by atoms with van der Waals surface area (Å²) in [5.41, 5.74) is 0.839. The van der Waals surface area contributed by atoms with Crippen LogP contribution in [0.5, 0.6) is 0 Å². The second-order valence-corrected chi connectivity index (χ2v) is 7.36. The summed E-state index contributed by atoms with van der Waals surface area (Å²) in [7, 11) is 1.64. The number of anilines is 1. The summed E-state index contributed by atoms with van der Waals surface area (Å²) in [5.74, 6) is -0.285. The molecule has 3 aromatic rings. The van der Waals surface area contributed by atoms with Crippen molar-refractivity contribution in [1.29, 1.82) is 0 Å². The van der Waals surface area contributed by atoms with Crippen LogP contribution >= 0.6 is 34.3 Å². The van der Waals surface area contributed by atoms with Crippen LogP contribution < -0.4 is 4.90 Å². The molecule has 0 fully saturated rings. The standard InChI is InChI=1S/C16H12ClN3O2S2/c1-9(21)11-5-6-12(23-11)15(22)20(2)16-13(17)19-14(24-16)10-4-3-7-18-8-10/h3-8H,1-2H3. The number of amides is 1. The lowest BCUT2D eigenvalue weighted by molar-refractivity contribution is 0.0995. The van der Waals surface area contributed by atoms with Crippen molar-refractivity contribution in [2.45, 2.75) is 6.92 Å². The topological polar surface area (TPSA) is 63.2 Å². The van der Waals surface area contributed by atoms with Crippen LogP contribution in [0.3, 0.4) is 0 Å². The summed E-state index contributed by atoms with van der Waals surface area (Å²) in [6, 6.07) is 7.00. The van der Waals surface area contributed by atoms with E-state index in [2.05, 4.69) is 9.97 Å². The van der Waals surface area contributed by atoms with Gasteiger partial charge in [-0.1, -0.05) is 22.9 Å². The molecule has 0 aliphatic rings. The average molecular weight is 378 g/mol. The predicted molar refractivity (Wildman–Crippen MR) is 97.4 cm³/mol. The Morgan fingerprint density at radius 1 is 1.17 bits per heavy atom. The molecule has 3 heterocycles. The third-order valence-electron chi connectivity index (χ3n) is 3.25. The fourth-order valence-electron chi connectivity index (χ4n) is 2.01. The van der Waals surface area contributed by atoms with E-state index in [1.165, 1.54) is 34.5 Å². The van der Waals surface area contributed by atoms with Crippen molar-refractivity contribution in [3.8, 4) is 10.6 Å². The van der Waals surface area contributed by atoms with E-state index in [1.807, 2.05) is 12.1 Å². The highest BCUT2D eigenvalue weighted by atomic mass is 35.5. The van der Waals surface area contributed by atoms with Crippen molar-refractivity contribution < 1.29 is 9.59 Å². The molecule has 3 rings (SSSR count). The summed E-state index contributed by atoms with van der Waals surface area (Å²) < 4.78 is 0. The van der Waals surface area contributed by atoms with Gasteiger partial charge in [-0.25, -0.2) is 4.98 Å². The third kappa shape index (κ3) is 3.24. The smallest absolute Gasteiger partial charge is 0.268 e. The van der Waals surface area contributed by atoms with Crippen LogP contribution in [0, 0.1) is 0 Å². The van der Waals surface area contributed by atoms with Crippen molar-refractivity contribution in [3.63, 3.8) is 0 Å². The van der Waals surface area contributed by atoms with Crippen LogP contribution in [-0.2, 0) is 0 Å². The van der Waals surface area contributed by atoms with Crippen LogP contribution in [0.2, 0.25) is 5.15 Å². The first-order chi connectivity index (χ1) is 11.5. The van der Waals surface area contributed by atoms with Crippen molar-refractivity contribution in [2.75, 3.05) is 11.9 Å². The SMILES string of the molecule is CC(=O)c1ccc(C(=O)N(C)c2sc(-c3cccnc3)nc2Cl)s1. The van der Waals surface area contributed by atoms with Gasteiger partial charge in [0.25, 0.3) is 5.91 Å². The van der Waals surface area contributed by atoms with Gasteiger partial charge in [0.2, 0.25) is 0 Å². The molecule has 122 valence electrons. The average Bonchev–Trinajstić information content (AvgIpc) is 3.21. The van der Waals surface area contributed by atoms with E-state index in [1.54, 1.807) is 31.6 Å². The Labute approximate surface area is 151 Å². The number of hydrogen-bond donors (Lipinski definition) is 0. The maximum Gasteiger partial charge on any atom is 0.268 e. The molecule has 0 saturated heterocycles. The minimum Gasteiger partial charge on any atom is -0.299 e. The first-order valence-electron chi connectivity index (χ1n) is 6.93. The van der Waals surface area contributed by atoms with Gasteiger partial charge in [-0.2, -0.15) is 0 Å². The number of ketones is 1. The molecule has 8 heteroatoms. The highest BCUT2D eigenvalue weighted by molar-refractivity contribution is 7.20. The Balaban J connectivity index is 1.89. The molecule has 0 N–H and O–H groups in total. The number of aromatic nitrogens is 2. The van der Waals surface area contributed by atoms with Gasteiger partial charge < -0.3 is 0 Å². The molecule has 0 unspecified atom stereocenters. The van der Waals surface area contributed by atoms with E-state index in [0.29, 0.717) is 19.8 Å². The minimum absolute atomic E-state index is 0.0589. The Morgan fingerprint density at radius 3 is 2.54 bits per heavy atom. The highest BCUT2D eigenvalue weighted by Gasteiger charge is 2.22. The number of nitrogens with zero attached hydrogens (tertiary/aromatic N) is 3. The molecule has 0 saturated carbocycles. The molecular weight excluding hydrogens is 366 g/mol. The van der Waals surface area contributed by atoms with Gasteiger partial charge in [0.15, 0.2) is 10.9 Å². The van der Waals surface area contributed by atoms with E-state index in [0.717, 1.165) is 5.56 Å². The van der Waals surface area contributed by atoms with E-state index < -0.39 is 0 Å². The van der Waals surface area contributed by atoms with Crippen molar-refractivity contribution in [3.05, 3.63) is 51.6 Å². The number of thiophene rings is 1. The summed E-state index contributed by atoms with van der Waals surface area (Å²) in [4.78, 5) is 34.9. The van der Waals surface area contributed by atoms with Gasteiger partial charge in [-0.15, -0.1) is 11.3 Å².